The van der Waals surface area contributed by atoms with E-state index in [1.807, 2.05) is 0 Å². The molecule has 13 heavy (non-hydrogen) atoms. The monoisotopic (exact) mass is 241 g/mol. The lowest BCUT2D eigenvalue weighted by atomic mass is 10.2. The molecule has 0 aromatic heterocycles. The Morgan fingerprint density at radius 3 is 2.38 bits per heavy atom. The summed E-state index contributed by atoms with van der Waals surface area (Å²) >= 11 is 3.25. The van der Waals surface area contributed by atoms with Gasteiger partial charge in [0.05, 0.1) is 0 Å². The van der Waals surface area contributed by atoms with E-state index in [1.54, 1.807) is 24.3 Å². The first kappa shape index (κ1) is 9.92. The minimum absolute atomic E-state index is 0.303. The van der Waals surface area contributed by atoms with Crippen LogP contribution in [0.15, 0.2) is 28.7 Å². The number of halogens is 1. The third-order valence-corrected chi connectivity index (χ3v) is 2.10. The zero-order valence-corrected chi connectivity index (χ0v) is 8.61. The van der Waals surface area contributed by atoms with Crippen LogP contribution in [0.4, 0.5) is 0 Å². The summed E-state index contributed by atoms with van der Waals surface area (Å²) in [5.41, 5.74) is 0.498. The zero-order valence-electron chi connectivity index (χ0n) is 7.03. The molecule has 0 saturated carbocycles. The molecule has 0 bridgehead atoms. The van der Waals surface area contributed by atoms with Gasteiger partial charge in [0.2, 0.25) is 6.41 Å². The lowest BCUT2D eigenvalue weighted by molar-refractivity contribution is -0.115. The van der Waals surface area contributed by atoms with Gasteiger partial charge < -0.3 is 0 Å². The van der Waals surface area contributed by atoms with E-state index in [9.17, 15) is 9.59 Å². The van der Waals surface area contributed by atoms with Gasteiger partial charge in [-0.05, 0) is 24.3 Å². The predicted octanol–water partition coefficient (Wildman–Crippen LogP) is 1.68. The minimum atomic E-state index is -0.303. The summed E-state index contributed by atoms with van der Waals surface area (Å²) in [4.78, 5) is 22.7. The Morgan fingerprint density at radius 2 is 1.92 bits per heavy atom. The van der Waals surface area contributed by atoms with Crippen molar-refractivity contribution in [1.82, 2.24) is 4.90 Å². The number of hydrogen-bond donors (Lipinski definition) is 0. The lowest BCUT2D eigenvalue weighted by Crippen LogP contribution is -2.24. The number of benzene rings is 1. The molecule has 1 aromatic carbocycles. The Balaban J connectivity index is 2.89. The van der Waals surface area contributed by atoms with Gasteiger partial charge in [0.15, 0.2) is 0 Å². The van der Waals surface area contributed by atoms with E-state index < -0.39 is 0 Å². The van der Waals surface area contributed by atoms with Crippen molar-refractivity contribution in [2.45, 2.75) is 0 Å². The van der Waals surface area contributed by atoms with Crippen molar-refractivity contribution in [3.8, 4) is 0 Å². The van der Waals surface area contributed by atoms with E-state index >= 15 is 0 Å². The standard InChI is InChI=1S/C9H8BrNO2/c1-11(6-12)9(13)7-2-4-8(10)5-3-7/h2-6H,1H3. The van der Waals surface area contributed by atoms with Crippen LogP contribution in [0, 0.1) is 0 Å². The summed E-state index contributed by atoms with van der Waals surface area (Å²) in [5, 5.41) is 0. The van der Waals surface area contributed by atoms with Crippen LogP contribution in [0.5, 0.6) is 0 Å². The smallest absolute Gasteiger partial charge is 0.259 e. The molecule has 0 fully saturated rings. The van der Waals surface area contributed by atoms with E-state index in [4.69, 9.17) is 0 Å². The maximum Gasteiger partial charge on any atom is 0.259 e. The average molecular weight is 242 g/mol. The summed E-state index contributed by atoms with van der Waals surface area (Å²) in [6.45, 7) is 0. The van der Waals surface area contributed by atoms with Gasteiger partial charge in [-0.1, -0.05) is 15.9 Å². The topological polar surface area (TPSA) is 37.4 Å². The number of amides is 2. The number of carbonyl (C=O) groups is 2. The van der Waals surface area contributed by atoms with Crippen LogP contribution in [-0.2, 0) is 4.79 Å². The number of nitrogens with zero attached hydrogens (tertiary/aromatic N) is 1. The fraction of sp³-hybridized carbons (Fsp3) is 0.111. The molecule has 0 aliphatic rings. The van der Waals surface area contributed by atoms with E-state index in [1.165, 1.54) is 7.05 Å². The lowest BCUT2D eigenvalue weighted by Gasteiger charge is -2.07. The fourth-order valence-electron chi connectivity index (χ4n) is 0.844. The first-order valence-electron chi connectivity index (χ1n) is 3.63. The van der Waals surface area contributed by atoms with Crippen LogP contribution < -0.4 is 0 Å². The summed E-state index contributed by atoms with van der Waals surface area (Å²) < 4.78 is 0.901. The van der Waals surface area contributed by atoms with Crippen LogP contribution in [-0.4, -0.2) is 24.3 Å². The Morgan fingerprint density at radius 1 is 1.38 bits per heavy atom. The third kappa shape index (κ3) is 2.39. The van der Waals surface area contributed by atoms with Gasteiger partial charge in [0.1, 0.15) is 0 Å². The molecule has 4 heteroatoms. The highest BCUT2D eigenvalue weighted by molar-refractivity contribution is 9.10. The first-order valence-corrected chi connectivity index (χ1v) is 4.42. The SMILES string of the molecule is CN(C=O)C(=O)c1ccc(Br)cc1. The average Bonchev–Trinajstić information content (AvgIpc) is 2.17. The van der Waals surface area contributed by atoms with Gasteiger partial charge in [-0.15, -0.1) is 0 Å². The molecule has 0 heterocycles. The highest BCUT2D eigenvalue weighted by atomic mass is 79.9. The van der Waals surface area contributed by atoms with E-state index in [0.717, 1.165) is 9.37 Å². The van der Waals surface area contributed by atoms with Gasteiger partial charge >= 0.3 is 0 Å². The second kappa shape index (κ2) is 4.18. The van der Waals surface area contributed by atoms with Crippen molar-refractivity contribution in [3.63, 3.8) is 0 Å². The number of imide groups is 1. The molecule has 0 radical (unpaired) electrons. The summed E-state index contributed by atoms with van der Waals surface area (Å²) in [5.74, 6) is -0.303. The highest BCUT2D eigenvalue weighted by Crippen LogP contribution is 2.11. The van der Waals surface area contributed by atoms with Crippen LogP contribution in [0.25, 0.3) is 0 Å². The largest absolute Gasteiger partial charge is 0.284 e. The van der Waals surface area contributed by atoms with Crippen LogP contribution in [0.1, 0.15) is 10.4 Å². The summed E-state index contributed by atoms with van der Waals surface area (Å²) in [7, 11) is 1.43. The summed E-state index contributed by atoms with van der Waals surface area (Å²) in [6.07, 6.45) is 0.490. The predicted molar refractivity (Wildman–Crippen MR) is 52.3 cm³/mol. The maximum atomic E-state index is 11.4. The number of rotatable bonds is 2. The van der Waals surface area contributed by atoms with E-state index in [-0.39, 0.29) is 5.91 Å². The molecule has 1 rings (SSSR count). The van der Waals surface area contributed by atoms with Gasteiger partial charge in [0, 0.05) is 17.1 Å². The molecule has 1 aromatic rings. The molecule has 0 spiro atoms. The molecule has 3 nitrogen and oxygen atoms in total. The molecule has 0 saturated heterocycles. The molecular formula is C9H8BrNO2. The second-order valence-electron chi connectivity index (χ2n) is 2.53. The Hall–Kier alpha value is -1.16. The minimum Gasteiger partial charge on any atom is -0.284 e. The van der Waals surface area contributed by atoms with Gasteiger partial charge in [-0.3, -0.25) is 14.5 Å². The number of carbonyl (C=O) groups excluding carboxylic acids is 2. The molecule has 0 aliphatic heterocycles. The van der Waals surface area contributed by atoms with E-state index in [0.29, 0.717) is 12.0 Å². The maximum absolute atomic E-state index is 11.4. The normalized spacial score (nSPS) is 9.38. The van der Waals surface area contributed by atoms with Crippen LogP contribution in [0.3, 0.4) is 0 Å². The first-order chi connectivity index (χ1) is 6.15. The second-order valence-corrected chi connectivity index (χ2v) is 3.44. The molecule has 2 amide bonds. The van der Waals surface area contributed by atoms with Crippen molar-refractivity contribution in [2.75, 3.05) is 7.05 Å². The number of hydrogen-bond acceptors (Lipinski definition) is 2. The van der Waals surface area contributed by atoms with Gasteiger partial charge in [-0.2, -0.15) is 0 Å². The highest BCUT2D eigenvalue weighted by Gasteiger charge is 2.09. The Kier molecular flexibility index (Phi) is 3.19. The Bertz CT molecular complexity index is 321. The van der Waals surface area contributed by atoms with Gasteiger partial charge in [0.25, 0.3) is 5.91 Å². The van der Waals surface area contributed by atoms with Crippen molar-refractivity contribution in [3.05, 3.63) is 34.3 Å². The molecule has 0 unspecified atom stereocenters. The van der Waals surface area contributed by atoms with Crippen molar-refractivity contribution >= 4 is 28.2 Å². The quantitative estimate of drug-likeness (QED) is 0.740. The molecule has 0 aliphatic carbocycles. The van der Waals surface area contributed by atoms with Crippen molar-refractivity contribution in [1.29, 1.82) is 0 Å². The molecule has 0 N–H and O–H groups in total. The van der Waals surface area contributed by atoms with Crippen molar-refractivity contribution < 1.29 is 9.59 Å². The fourth-order valence-corrected chi connectivity index (χ4v) is 1.11. The molecule has 68 valence electrons. The molecule has 0 atom stereocenters. The van der Waals surface area contributed by atoms with Gasteiger partial charge in [-0.25, -0.2) is 0 Å². The zero-order chi connectivity index (χ0) is 9.84. The van der Waals surface area contributed by atoms with Crippen LogP contribution >= 0.6 is 15.9 Å². The van der Waals surface area contributed by atoms with Crippen molar-refractivity contribution in [2.24, 2.45) is 0 Å². The van der Waals surface area contributed by atoms with Crippen LogP contribution in [0.2, 0.25) is 0 Å². The third-order valence-electron chi connectivity index (χ3n) is 1.57. The summed E-state index contributed by atoms with van der Waals surface area (Å²) in [6, 6.07) is 6.83. The Labute approximate surface area is 84.5 Å². The van der Waals surface area contributed by atoms with E-state index in [2.05, 4.69) is 15.9 Å². The molecular weight excluding hydrogens is 234 g/mol.